The molecule has 1 fully saturated rings. The van der Waals surface area contributed by atoms with Crippen molar-refractivity contribution in [2.75, 3.05) is 18.0 Å². The minimum atomic E-state index is 0.0116. The van der Waals surface area contributed by atoms with Crippen LogP contribution in [0, 0.1) is 0 Å². The number of ketones is 1. The van der Waals surface area contributed by atoms with E-state index in [1.807, 2.05) is 24.3 Å². The molecule has 2 heteroatoms. The average Bonchev–Trinajstić information content (AvgIpc) is 2.81. The topological polar surface area (TPSA) is 20.3 Å². The van der Waals surface area contributed by atoms with E-state index in [1.165, 1.54) is 18.9 Å². The molecule has 1 aliphatic heterocycles. The molecule has 2 nitrogen and oxygen atoms in total. The molecule has 0 bridgehead atoms. The van der Waals surface area contributed by atoms with Crippen molar-refractivity contribution in [1.29, 1.82) is 0 Å². The van der Waals surface area contributed by atoms with Gasteiger partial charge in [-0.25, -0.2) is 0 Å². The Labute approximate surface area is 90.2 Å². The number of hydrogen-bond acceptors (Lipinski definition) is 2. The van der Waals surface area contributed by atoms with Crippen LogP contribution < -0.4 is 4.90 Å². The highest BCUT2D eigenvalue weighted by atomic mass is 16.1. The van der Waals surface area contributed by atoms with E-state index in [2.05, 4.69) is 11.5 Å². The molecule has 0 spiro atoms. The summed E-state index contributed by atoms with van der Waals surface area (Å²) in [5.74, 6) is 0.0116. The van der Waals surface area contributed by atoms with Gasteiger partial charge in [-0.15, -0.1) is 0 Å². The van der Waals surface area contributed by atoms with Gasteiger partial charge in [0.05, 0.1) is 0 Å². The number of hydrogen-bond donors (Lipinski definition) is 0. The molecule has 0 saturated carbocycles. The molecule has 0 aliphatic carbocycles. The molecule has 0 aromatic heterocycles. The standard InChI is InChI=1S/C13H15NO/c1-2-13(15)11-7-3-4-8-12(11)14-9-5-6-10-14/h2-4,7-8H,1,5-6,9-10H2. The Kier molecular flexibility index (Phi) is 2.86. The second-order valence-electron chi connectivity index (χ2n) is 3.78. The summed E-state index contributed by atoms with van der Waals surface area (Å²) >= 11 is 0. The number of benzene rings is 1. The van der Waals surface area contributed by atoms with Crippen LogP contribution in [-0.2, 0) is 0 Å². The van der Waals surface area contributed by atoms with Crippen LogP contribution in [0.15, 0.2) is 36.9 Å². The highest BCUT2D eigenvalue weighted by Gasteiger charge is 2.17. The predicted molar refractivity (Wildman–Crippen MR) is 62.4 cm³/mol. The second kappa shape index (κ2) is 4.30. The number of para-hydroxylation sites is 1. The maximum Gasteiger partial charge on any atom is 0.187 e. The number of allylic oxidation sites excluding steroid dienone is 1. The zero-order valence-electron chi connectivity index (χ0n) is 8.78. The van der Waals surface area contributed by atoms with Gasteiger partial charge in [-0.3, -0.25) is 4.79 Å². The van der Waals surface area contributed by atoms with Crippen molar-refractivity contribution < 1.29 is 4.79 Å². The van der Waals surface area contributed by atoms with Crippen LogP contribution in [0.2, 0.25) is 0 Å². The Morgan fingerprint density at radius 2 is 1.93 bits per heavy atom. The fourth-order valence-corrected chi connectivity index (χ4v) is 2.03. The smallest absolute Gasteiger partial charge is 0.187 e. The molecule has 1 heterocycles. The Morgan fingerprint density at radius 1 is 1.27 bits per heavy atom. The van der Waals surface area contributed by atoms with Crippen molar-refractivity contribution in [2.45, 2.75) is 12.8 Å². The van der Waals surface area contributed by atoms with Gasteiger partial charge in [-0.1, -0.05) is 18.7 Å². The van der Waals surface area contributed by atoms with Gasteiger partial charge in [0.1, 0.15) is 0 Å². The first-order chi connectivity index (χ1) is 7.33. The van der Waals surface area contributed by atoms with Gasteiger partial charge in [0, 0.05) is 24.3 Å². The number of carbonyl (C=O) groups excluding carboxylic acids is 1. The van der Waals surface area contributed by atoms with E-state index < -0.39 is 0 Å². The number of rotatable bonds is 3. The van der Waals surface area contributed by atoms with Crippen molar-refractivity contribution >= 4 is 11.5 Å². The molecule has 1 saturated heterocycles. The lowest BCUT2D eigenvalue weighted by atomic mass is 10.1. The third-order valence-corrected chi connectivity index (χ3v) is 2.80. The SMILES string of the molecule is C=CC(=O)c1ccccc1N1CCCC1. The molecule has 2 rings (SSSR count). The van der Waals surface area contributed by atoms with Crippen LogP contribution in [0.25, 0.3) is 0 Å². The van der Waals surface area contributed by atoms with Gasteiger partial charge in [-0.2, -0.15) is 0 Å². The zero-order valence-corrected chi connectivity index (χ0v) is 8.78. The summed E-state index contributed by atoms with van der Waals surface area (Å²) in [6, 6.07) is 7.77. The first kappa shape index (κ1) is 9.97. The van der Waals surface area contributed by atoms with Crippen molar-refractivity contribution in [3.8, 4) is 0 Å². The van der Waals surface area contributed by atoms with Crippen molar-refractivity contribution in [3.05, 3.63) is 42.5 Å². The summed E-state index contributed by atoms with van der Waals surface area (Å²) in [6.45, 7) is 5.65. The molecule has 0 unspecified atom stereocenters. The van der Waals surface area contributed by atoms with Gasteiger partial charge in [0.25, 0.3) is 0 Å². The van der Waals surface area contributed by atoms with E-state index in [9.17, 15) is 4.79 Å². The molecule has 0 radical (unpaired) electrons. The van der Waals surface area contributed by atoms with Crippen LogP contribution in [0.4, 0.5) is 5.69 Å². The minimum absolute atomic E-state index is 0.0116. The summed E-state index contributed by atoms with van der Waals surface area (Å²) in [6.07, 6.45) is 3.82. The van der Waals surface area contributed by atoms with Crippen molar-refractivity contribution in [1.82, 2.24) is 0 Å². The molecule has 78 valence electrons. The molecule has 0 amide bonds. The van der Waals surface area contributed by atoms with E-state index in [4.69, 9.17) is 0 Å². The molecular weight excluding hydrogens is 186 g/mol. The third-order valence-electron chi connectivity index (χ3n) is 2.80. The lowest BCUT2D eigenvalue weighted by Gasteiger charge is -2.20. The monoisotopic (exact) mass is 201 g/mol. The maximum absolute atomic E-state index is 11.6. The lowest BCUT2D eigenvalue weighted by molar-refractivity contribution is 0.104. The highest BCUT2D eigenvalue weighted by Crippen LogP contribution is 2.24. The Morgan fingerprint density at radius 3 is 2.60 bits per heavy atom. The van der Waals surface area contributed by atoms with E-state index in [1.54, 1.807) is 0 Å². The number of nitrogens with zero attached hydrogens (tertiary/aromatic N) is 1. The fraction of sp³-hybridized carbons (Fsp3) is 0.308. The zero-order chi connectivity index (χ0) is 10.7. The minimum Gasteiger partial charge on any atom is -0.371 e. The summed E-state index contributed by atoms with van der Waals surface area (Å²) in [4.78, 5) is 13.9. The first-order valence-electron chi connectivity index (χ1n) is 5.33. The first-order valence-corrected chi connectivity index (χ1v) is 5.33. The number of carbonyl (C=O) groups is 1. The summed E-state index contributed by atoms with van der Waals surface area (Å²) in [5.41, 5.74) is 1.83. The van der Waals surface area contributed by atoms with Gasteiger partial charge in [-0.05, 0) is 31.1 Å². The second-order valence-corrected chi connectivity index (χ2v) is 3.78. The molecular formula is C13H15NO. The summed E-state index contributed by atoms with van der Waals surface area (Å²) in [7, 11) is 0. The third kappa shape index (κ3) is 1.94. The Balaban J connectivity index is 2.36. The van der Waals surface area contributed by atoms with Gasteiger partial charge < -0.3 is 4.90 Å². The highest BCUT2D eigenvalue weighted by molar-refractivity contribution is 6.08. The molecule has 1 aromatic carbocycles. The van der Waals surface area contributed by atoms with Crippen molar-refractivity contribution in [2.24, 2.45) is 0 Å². The van der Waals surface area contributed by atoms with Crippen LogP contribution in [0.3, 0.4) is 0 Å². The fourth-order valence-electron chi connectivity index (χ4n) is 2.03. The van der Waals surface area contributed by atoms with Crippen LogP contribution in [0.5, 0.6) is 0 Å². The van der Waals surface area contributed by atoms with E-state index in [-0.39, 0.29) is 5.78 Å². The van der Waals surface area contributed by atoms with E-state index >= 15 is 0 Å². The molecule has 1 aromatic rings. The molecule has 15 heavy (non-hydrogen) atoms. The summed E-state index contributed by atoms with van der Waals surface area (Å²) < 4.78 is 0. The van der Waals surface area contributed by atoms with Crippen molar-refractivity contribution in [3.63, 3.8) is 0 Å². The van der Waals surface area contributed by atoms with Crippen LogP contribution >= 0.6 is 0 Å². The van der Waals surface area contributed by atoms with Crippen LogP contribution in [0.1, 0.15) is 23.2 Å². The molecule has 0 atom stereocenters. The lowest BCUT2D eigenvalue weighted by Crippen LogP contribution is -2.20. The quantitative estimate of drug-likeness (QED) is 0.553. The Bertz CT molecular complexity index is 378. The van der Waals surface area contributed by atoms with E-state index in [0.29, 0.717) is 0 Å². The van der Waals surface area contributed by atoms with E-state index in [0.717, 1.165) is 24.3 Å². The van der Waals surface area contributed by atoms with Gasteiger partial charge in [0.15, 0.2) is 5.78 Å². The van der Waals surface area contributed by atoms with Gasteiger partial charge in [0.2, 0.25) is 0 Å². The predicted octanol–water partition coefficient (Wildman–Crippen LogP) is 2.66. The normalized spacial score (nSPS) is 15.3. The Hall–Kier alpha value is -1.57. The maximum atomic E-state index is 11.6. The molecule has 0 N–H and O–H groups in total. The molecule has 1 aliphatic rings. The number of anilines is 1. The average molecular weight is 201 g/mol. The van der Waals surface area contributed by atoms with Crippen LogP contribution in [-0.4, -0.2) is 18.9 Å². The van der Waals surface area contributed by atoms with Gasteiger partial charge >= 0.3 is 0 Å². The summed E-state index contributed by atoms with van der Waals surface area (Å²) in [5, 5.41) is 0. The largest absolute Gasteiger partial charge is 0.371 e.